The third kappa shape index (κ3) is 9.33. The van der Waals surface area contributed by atoms with Crippen LogP contribution in [-0.2, 0) is 11.3 Å². The van der Waals surface area contributed by atoms with Crippen molar-refractivity contribution in [1.29, 1.82) is 0 Å². The molecule has 1 unspecified atom stereocenters. The third-order valence-corrected chi connectivity index (χ3v) is 5.23. The molecule has 1 amide bonds. The van der Waals surface area contributed by atoms with Gasteiger partial charge in [-0.1, -0.05) is 31.9 Å². The lowest BCUT2D eigenvalue weighted by atomic mass is 9.85. The number of hydrogen-bond donors (Lipinski definition) is 4. The van der Waals surface area contributed by atoms with Gasteiger partial charge in [0.2, 0.25) is 5.91 Å². The molecule has 164 valence electrons. The minimum atomic E-state index is 0. The second-order valence-corrected chi connectivity index (χ2v) is 7.56. The van der Waals surface area contributed by atoms with E-state index >= 15 is 0 Å². The van der Waals surface area contributed by atoms with Gasteiger partial charge in [-0.3, -0.25) is 4.79 Å². The highest BCUT2D eigenvalue weighted by molar-refractivity contribution is 14.0. The molecule has 1 saturated carbocycles. The lowest BCUT2D eigenvalue weighted by Gasteiger charge is -2.24. The Balaban J connectivity index is 0.00000420. The monoisotopic (exact) mass is 516 g/mol. The number of aliphatic hydroxyl groups is 1. The van der Waals surface area contributed by atoms with Crippen molar-refractivity contribution >= 4 is 41.5 Å². The van der Waals surface area contributed by atoms with Gasteiger partial charge in [0.25, 0.3) is 0 Å². The summed E-state index contributed by atoms with van der Waals surface area (Å²) in [5.74, 6) is 1.54. The first-order valence-corrected chi connectivity index (χ1v) is 10.7. The molecular weight excluding hydrogens is 479 g/mol. The fourth-order valence-corrected chi connectivity index (χ4v) is 3.35. The Morgan fingerprint density at radius 1 is 1.24 bits per heavy atom. The van der Waals surface area contributed by atoms with E-state index in [1.807, 2.05) is 31.2 Å². The molecule has 0 saturated heterocycles. The van der Waals surface area contributed by atoms with Crippen LogP contribution in [-0.4, -0.2) is 36.7 Å². The highest BCUT2D eigenvalue weighted by Gasteiger charge is 2.25. The van der Waals surface area contributed by atoms with Crippen molar-refractivity contribution in [1.82, 2.24) is 10.6 Å². The number of benzene rings is 1. The number of nitrogens with one attached hydrogen (secondary N) is 3. The van der Waals surface area contributed by atoms with Crippen molar-refractivity contribution in [3.63, 3.8) is 0 Å². The fraction of sp³-hybridized carbons (Fsp3) is 0.636. The van der Waals surface area contributed by atoms with Crippen molar-refractivity contribution in [2.45, 2.75) is 58.9 Å². The molecule has 0 radical (unpaired) electrons. The van der Waals surface area contributed by atoms with E-state index in [4.69, 9.17) is 0 Å². The fourth-order valence-electron chi connectivity index (χ4n) is 3.35. The van der Waals surface area contributed by atoms with Gasteiger partial charge in [0, 0.05) is 31.3 Å². The highest BCUT2D eigenvalue weighted by Crippen LogP contribution is 2.27. The Labute approximate surface area is 192 Å². The molecule has 1 atom stereocenters. The van der Waals surface area contributed by atoms with Crippen LogP contribution in [0.15, 0.2) is 29.3 Å². The number of nitrogens with zero attached hydrogens (tertiary/aromatic N) is 1. The smallest absolute Gasteiger partial charge is 0.227 e. The molecule has 0 bridgehead atoms. The summed E-state index contributed by atoms with van der Waals surface area (Å²) in [5, 5.41) is 18.9. The Kier molecular flexibility index (Phi) is 12.9. The molecule has 1 aromatic carbocycles. The molecule has 6 nitrogen and oxygen atoms in total. The number of amides is 1. The van der Waals surface area contributed by atoms with E-state index in [-0.39, 0.29) is 42.4 Å². The lowest BCUT2D eigenvalue weighted by Crippen LogP contribution is -2.40. The molecule has 1 fully saturated rings. The molecule has 4 N–H and O–H groups in total. The highest BCUT2D eigenvalue weighted by atomic mass is 127. The number of aliphatic hydroxyl groups excluding tert-OH is 1. The summed E-state index contributed by atoms with van der Waals surface area (Å²) in [5.41, 5.74) is 1.90. The van der Waals surface area contributed by atoms with E-state index < -0.39 is 0 Å². The molecule has 7 heteroatoms. The van der Waals surface area contributed by atoms with E-state index in [0.29, 0.717) is 12.5 Å². The van der Waals surface area contributed by atoms with Crippen LogP contribution in [0.3, 0.4) is 0 Å². The summed E-state index contributed by atoms with van der Waals surface area (Å²) in [6, 6.07) is 7.91. The second-order valence-electron chi connectivity index (χ2n) is 7.56. The number of halogens is 1. The van der Waals surface area contributed by atoms with Gasteiger partial charge in [-0.05, 0) is 56.2 Å². The van der Waals surface area contributed by atoms with E-state index in [0.717, 1.165) is 68.8 Å². The Morgan fingerprint density at radius 3 is 2.66 bits per heavy atom. The average molecular weight is 516 g/mol. The first-order chi connectivity index (χ1) is 13.7. The number of hydrogen-bond acceptors (Lipinski definition) is 3. The topological polar surface area (TPSA) is 85.8 Å². The van der Waals surface area contributed by atoms with E-state index in [9.17, 15) is 9.90 Å². The molecule has 1 aliphatic rings. The Hall–Kier alpha value is -1.35. The van der Waals surface area contributed by atoms with Crippen LogP contribution in [0.1, 0.15) is 57.9 Å². The standard InChI is InChI=1S/C22H36N4O2.HI/c1-3-7-17(12-13-27)15-24-22(23-4-2)25-16-18-8-5-11-20(14-18)26-21(28)19-9-6-10-19;/h5,8,11,14,17,19,27H,3-4,6-7,9-10,12-13,15-16H2,1-2H3,(H,26,28)(H2,23,24,25);1H. The summed E-state index contributed by atoms with van der Waals surface area (Å²) in [7, 11) is 0. The van der Waals surface area contributed by atoms with E-state index in [2.05, 4.69) is 27.9 Å². The molecule has 0 heterocycles. The van der Waals surface area contributed by atoms with Crippen molar-refractivity contribution < 1.29 is 9.90 Å². The van der Waals surface area contributed by atoms with Crippen molar-refractivity contribution in [2.75, 3.05) is 25.0 Å². The number of rotatable bonds is 11. The van der Waals surface area contributed by atoms with Crippen molar-refractivity contribution in [3.05, 3.63) is 29.8 Å². The van der Waals surface area contributed by atoms with Crippen LogP contribution < -0.4 is 16.0 Å². The van der Waals surface area contributed by atoms with E-state index in [1.54, 1.807) is 0 Å². The zero-order valence-corrected chi connectivity index (χ0v) is 20.1. The summed E-state index contributed by atoms with van der Waals surface area (Å²) >= 11 is 0. The number of guanidine groups is 1. The number of aliphatic imine (C=N–C) groups is 1. The van der Waals surface area contributed by atoms with Crippen LogP contribution in [0.4, 0.5) is 5.69 Å². The number of carbonyl (C=O) groups is 1. The molecule has 0 spiro atoms. The molecule has 29 heavy (non-hydrogen) atoms. The van der Waals surface area contributed by atoms with Gasteiger partial charge in [-0.2, -0.15) is 0 Å². The van der Waals surface area contributed by atoms with Gasteiger partial charge in [0.1, 0.15) is 0 Å². The van der Waals surface area contributed by atoms with Gasteiger partial charge in [-0.15, -0.1) is 24.0 Å². The predicted molar refractivity (Wildman–Crippen MR) is 131 cm³/mol. The largest absolute Gasteiger partial charge is 0.396 e. The second kappa shape index (κ2) is 14.6. The summed E-state index contributed by atoms with van der Waals surface area (Å²) < 4.78 is 0. The van der Waals surface area contributed by atoms with Crippen LogP contribution in [0.25, 0.3) is 0 Å². The first kappa shape index (κ1) is 25.7. The quantitative estimate of drug-likeness (QED) is 0.204. The Bertz CT molecular complexity index is 629. The SMILES string of the molecule is CCCC(CCO)CNC(=NCc1cccc(NC(=O)C2CCC2)c1)NCC.I. The minimum absolute atomic E-state index is 0. The first-order valence-electron chi connectivity index (χ1n) is 10.7. The minimum Gasteiger partial charge on any atom is -0.396 e. The summed E-state index contributed by atoms with van der Waals surface area (Å²) in [6.45, 7) is 6.57. The molecule has 1 aromatic rings. The third-order valence-electron chi connectivity index (χ3n) is 5.23. The van der Waals surface area contributed by atoms with Crippen LogP contribution in [0.5, 0.6) is 0 Å². The predicted octanol–water partition coefficient (Wildman–Crippen LogP) is 3.90. The lowest BCUT2D eigenvalue weighted by molar-refractivity contribution is -0.122. The maximum absolute atomic E-state index is 12.1. The van der Waals surface area contributed by atoms with Gasteiger partial charge < -0.3 is 21.1 Å². The van der Waals surface area contributed by atoms with Gasteiger partial charge in [0.15, 0.2) is 5.96 Å². The van der Waals surface area contributed by atoms with Gasteiger partial charge in [0.05, 0.1) is 6.54 Å². The van der Waals surface area contributed by atoms with Gasteiger partial charge >= 0.3 is 0 Å². The number of carbonyl (C=O) groups excluding carboxylic acids is 1. The summed E-state index contributed by atoms with van der Waals surface area (Å²) in [6.07, 6.45) is 6.17. The van der Waals surface area contributed by atoms with E-state index in [1.165, 1.54) is 0 Å². The van der Waals surface area contributed by atoms with Crippen LogP contribution in [0.2, 0.25) is 0 Å². The zero-order valence-electron chi connectivity index (χ0n) is 17.7. The summed E-state index contributed by atoms with van der Waals surface area (Å²) in [4.78, 5) is 16.8. The molecule has 0 aliphatic heterocycles. The van der Waals surface area contributed by atoms with Crippen molar-refractivity contribution in [3.8, 4) is 0 Å². The Morgan fingerprint density at radius 2 is 2.03 bits per heavy atom. The molecule has 1 aliphatic carbocycles. The maximum Gasteiger partial charge on any atom is 0.227 e. The molecular formula is C22H37IN4O2. The van der Waals surface area contributed by atoms with Crippen LogP contribution in [0, 0.1) is 11.8 Å². The average Bonchev–Trinajstić information content (AvgIpc) is 2.63. The maximum atomic E-state index is 12.1. The number of anilines is 1. The normalized spacial score (nSPS) is 15.1. The van der Waals surface area contributed by atoms with Crippen molar-refractivity contribution in [2.24, 2.45) is 16.8 Å². The zero-order chi connectivity index (χ0) is 20.2. The molecule has 0 aromatic heterocycles. The molecule has 2 rings (SSSR count). The van der Waals surface area contributed by atoms with Crippen LogP contribution >= 0.6 is 24.0 Å². The van der Waals surface area contributed by atoms with Gasteiger partial charge in [-0.25, -0.2) is 4.99 Å².